The van der Waals surface area contributed by atoms with Crippen molar-refractivity contribution in [2.45, 2.75) is 63.1 Å². The number of amides is 2. The van der Waals surface area contributed by atoms with Gasteiger partial charge in [-0.05, 0) is 80.6 Å². The smallest absolute Gasteiger partial charge is 0.408 e. The van der Waals surface area contributed by atoms with Gasteiger partial charge in [-0.2, -0.15) is 11.8 Å². The summed E-state index contributed by atoms with van der Waals surface area (Å²) in [7, 11) is 0. The Hall–Kier alpha value is -2.68. The van der Waals surface area contributed by atoms with Crippen molar-refractivity contribution in [3.05, 3.63) is 36.0 Å². The van der Waals surface area contributed by atoms with Gasteiger partial charge in [-0.3, -0.25) is 4.79 Å². The van der Waals surface area contributed by atoms with Gasteiger partial charge in [0.15, 0.2) is 0 Å². The molecule has 4 N–H and O–H groups in total. The number of carbonyl (C=O) groups excluding carboxylic acids is 2. The van der Waals surface area contributed by atoms with Crippen molar-refractivity contribution in [3.63, 3.8) is 0 Å². The highest BCUT2D eigenvalue weighted by atomic mass is 32.2. The number of ether oxygens (including phenoxy) is 1. The van der Waals surface area contributed by atoms with Gasteiger partial charge in [0.1, 0.15) is 17.7 Å². The number of fused-ring (bicyclic) bond motifs is 1. The first-order chi connectivity index (χ1) is 17.3. The zero-order valence-electron chi connectivity index (χ0n) is 20.8. The summed E-state index contributed by atoms with van der Waals surface area (Å²) < 4.78 is 6.02. The first-order valence-corrected chi connectivity index (χ1v) is 14.2. The molecule has 194 valence electrons. The van der Waals surface area contributed by atoms with Crippen molar-refractivity contribution in [1.29, 1.82) is 0 Å². The molecule has 6 rings (SSSR count). The topological polar surface area (TPSA) is 121 Å². The summed E-state index contributed by atoms with van der Waals surface area (Å²) in [6, 6.07) is 6.69. The molecule has 36 heavy (non-hydrogen) atoms. The first-order valence-electron chi connectivity index (χ1n) is 12.8. The van der Waals surface area contributed by atoms with Crippen LogP contribution in [0.5, 0.6) is 0 Å². The number of nitrogens with one attached hydrogen (secondary N) is 3. The maximum atomic E-state index is 13.5. The van der Waals surface area contributed by atoms with E-state index in [9.17, 15) is 19.5 Å². The maximum absolute atomic E-state index is 13.5. The average Bonchev–Trinajstić information content (AvgIpc) is 3.23. The quantitative estimate of drug-likeness (QED) is 0.403. The highest BCUT2D eigenvalue weighted by Gasteiger charge is 2.50. The number of carboxylic acids is 1. The molecule has 0 saturated heterocycles. The molecule has 1 heterocycles. The largest absolute Gasteiger partial charge is 0.480 e. The van der Waals surface area contributed by atoms with Crippen LogP contribution in [-0.4, -0.2) is 57.8 Å². The summed E-state index contributed by atoms with van der Waals surface area (Å²) in [5.74, 6) is 0.898. The second kappa shape index (κ2) is 10.00. The number of aliphatic carboxylic acids is 1. The summed E-state index contributed by atoms with van der Waals surface area (Å²) in [6.45, 7) is 1.64. The fraction of sp³-hybridized carbons (Fsp3) is 0.593. The SMILES string of the molecule is CSC[C@@H](NC(=O)[C@@](C)(Cc1c[nH]c2ccccc12)NC(=O)OC1C2CC3CC(C2)CC1C3)C(=O)O. The van der Waals surface area contributed by atoms with Crippen LogP contribution >= 0.6 is 11.8 Å². The van der Waals surface area contributed by atoms with Crippen LogP contribution in [0.2, 0.25) is 0 Å². The van der Waals surface area contributed by atoms with Crippen molar-refractivity contribution in [2.24, 2.45) is 23.7 Å². The van der Waals surface area contributed by atoms with Crippen molar-refractivity contribution in [2.75, 3.05) is 12.0 Å². The van der Waals surface area contributed by atoms with E-state index in [-0.39, 0.29) is 18.3 Å². The lowest BCUT2D eigenvalue weighted by molar-refractivity contribution is -0.142. The number of hydrogen-bond acceptors (Lipinski definition) is 5. The van der Waals surface area contributed by atoms with Crippen LogP contribution in [0, 0.1) is 23.7 Å². The molecule has 0 aliphatic heterocycles. The summed E-state index contributed by atoms with van der Waals surface area (Å²) >= 11 is 1.34. The lowest BCUT2D eigenvalue weighted by atomic mass is 9.55. The molecule has 1 aromatic carbocycles. The van der Waals surface area contributed by atoms with Gasteiger partial charge in [0.05, 0.1) is 0 Å². The molecule has 4 bridgehead atoms. The van der Waals surface area contributed by atoms with Gasteiger partial charge in [0.25, 0.3) is 0 Å². The summed E-state index contributed by atoms with van der Waals surface area (Å²) in [6.07, 6.45) is 8.87. The fourth-order valence-electron chi connectivity index (χ4n) is 6.94. The Morgan fingerprint density at radius 3 is 2.44 bits per heavy atom. The number of carbonyl (C=O) groups is 3. The third-order valence-corrected chi connectivity index (χ3v) is 9.08. The van der Waals surface area contributed by atoms with Crippen molar-refractivity contribution < 1.29 is 24.2 Å². The maximum Gasteiger partial charge on any atom is 0.408 e. The van der Waals surface area contributed by atoms with Crippen LogP contribution in [0.1, 0.15) is 44.6 Å². The van der Waals surface area contributed by atoms with Gasteiger partial charge >= 0.3 is 12.1 Å². The zero-order valence-corrected chi connectivity index (χ0v) is 21.6. The van der Waals surface area contributed by atoms with E-state index in [1.807, 2.05) is 30.5 Å². The van der Waals surface area contributed by atoms with E-state index in [0.29, 0.717) is 11.8 Å². The number of para-hydroxylation sites is 1. The second-order valence-corrected chi connectivity index (χ2v) is 12.0. The van der Waals surface area contributed by atoms with E-state index in [0.717, 1.165) is 54.0 Å². The Bertz CT molecular complexity index is 1120. The van der Waals surface area contributed by atoms with Crippen molar-refractivity contribution >= 4 is 40.6 Å². The number of H-pyrrole nitrogens is 1. The molecule has 4 fully saturated rings. The minimum atomic E-state index is -1.40. The summed E-state index contributed by atoms with van der Waals surface area (Å²) in [5.41, 5.74) is 0.382. The van der Waals surface area contributed by atoms with Crippen molar-refractivity contribution in [1.82, 2.24) is 15.6 Å². The number of hydrogen-bond donors (Lipinski definition) is 4. The molecule has 1 aromatic heterocycles. The van der Waals surface area contributed by atoms with Gasteiger partial charge in [-0.1, -0.05) is 18.2 Å². The molecule has 2 aromatic rings. The third kappa shape index (κ3) is 4.94. The van der Waals surface area contributed by atoms with Gasteiger partial charge in [0.2, 0.25) is 5.91 Å². The van der Waals surface area contributed by atoms with E-state index in [4.69, 9.17) is 4.74 Å². The Balaban J connectivity index is 1.35. The number of alkyl carbamates (subject to hydrolysis) is 1. The molecule has 2 atom stereocenters. The van der Waals surface area contributed by atoms with Crippen molar-refractivity contribution in [3.8, 4) is 0 Å². The monoisotopic (exact) mass is 513 g/mol. The Labute approximate surface area is 215 Å². The highest BCUT2D eigenvalue weighted by Crippen LogP contribution is 2.54. The van der Waals surface area contributed by atoms with Gasteiger partial charge in [0, 0.05) is 29.3 Å². The number of rotatable bonds is 9. The molecule has 9 heteroatoms. The normalized spacial score (nSPS) is 28.9. The standard InChI is InChI=1S/C27H35N3O5S/c1-27(25(33)29-22(14-36-2)24(31)32,12-19-13-28-21-6-4-3-5-20(19)21)30-26(34)35-23-17-8-15-7-16(10-17)11-18(23)9-15/h3-6,13,15-18,22-23,28H,7-12,14H2,1-2H3,(H,29,33)(H,30,34)(H,31,32)/t15?,16?,17?,18?,22-,23?,27-/m1/s1. The van der Waals surface area contributed by atoms with Gasteiger partial charge < -0.3 is 25.5 Å². The molecule has 0 unspecified atom stereocenters. The highest BCUT2D eigenvalue weighted by molar-refractivity contribution is 7.98. The number of aromatic nitrogens is 1. The van der Waals surface area contributed by atoms with Crippen LogP contribution in [-0.2, 0) is 20.7 Å². The molecular weight excluding hydrogens is 478 g/mol. The average molecular weight is 514 g/mol. The van der Waals surface area contributed by atoms with E-state index in [2.05, 4.69) is 15.6 Å². The number of aromatic amines is 1. The fourth-order valence-corrected chi connectivity index (χ4v) is 7.50. The minimum absolute atomic E-state index is 0.110. The van der Waals surface area contributed by atoms with E-state index in [1.54, 1.807) is 13.2 Å². The van der Waals surface area contributed by atoms with Crippen LogP contribution in [0.3, 0.4) is 0 Å². The molecule has 4 saturated carbocycles. The van der Waals surface area contributed by atoms with Crippen LogP contribution in [0.25, 0.3) is 10.9 Å². The van der Waals surface area contributed by atoms with Crippen LogP contribution in [0.15, 0.2) is 30.5 Å². The number of carboxylic acid groups (broad SMARTS) is 1. The Morgan fingerprint density at radius 1 is 1.14 bits per heavy atom. The van der Waals surface area contributed by atoms with E-state index < -0.39 is 29.6 Å². The second-order valence-electron chi connectivity index (χ2n) is 11.1. The predicted molar refractivity (Wildman–Crippen MR) is 139 cm³/mol. The molecule has 4 aliphatic rings. The van der Waals surface area contributed by atoms with Crippen LogP contribution < -0.4 is 10.6 Å². The lowest BCUT2D eigenvalue weighted by Crippen LogP contribution is -2.62. The zero-order chi connectivity index (χ0) is 25.4. The summed E-state index contributed by atoms with van der Waals surface area (Å²) in [4.78, 5) is 41.7. The van der Waals surface area contributed by atoms with E-state index >= 15 is 0 Å². The lowest BCUT2D eigenvalue weighted by Gasteiger charge is -2.53. The first kappa shape index (κ1) is 25.0. The predicted octanol–water partition coefficient (Wildman–Crippen LogP) is 3.95. The molecule has 0 spiro atoms. The molecule has 8 nitrogen and oxygen atoms in total. The number of thioether (sulfide) groups is 1. The Kier molecular flexibility index (Phi) is 6.94. The third-order valence-electron chi connectivity index (χ3n) is 8.42. The van der Waals surface area contributed by atoms with Crippen LogP contribution in [0.4, 0.5) is 4.79 Å². The number of benzene rings is 1. The Morgan fingerprint density at radius 2 is 1.81 bits per heavy atom. The summed E-state index contributed by atoms with van der Waals surface area (Å²) in [5, 5.41) is 16.0. The minimum Gasteiger partial charge on any atom is -0.480 e. The molecule has 2 amide bonds. The molecular formula is C27H35N3O5S. The van der Waals surface area contributed by atoms with Gasteiger partial charge in [-0.15, -0.1) is 0 Å². The molecule has 4 aliphatic carbocycles. The van der Waals surface area contributed by atoms with E-state index in [1.165, 1.54) is 18.2 Å². The van der Waals surface area contributed by atoms with Gasteiger partial charge in [-0.25, -0.2) is 9.59 Å². The molecule has 0 radical (unpaired) electrons.